The van der Waals surface area contributed by atoms with Gasteiger partial charge in [0.2, 0.25) is 5.65 Å². The molecule has 164 valence electrons. The number of nitrogens with zero attached hydrogens (tertiary/aromatic N) is 5. The zero-order valence-electron chi connectivity index (χ0n) is 18.1. The predicted octanol–water partition coefficient (Wildman–Crippen LogP) is 4.08. The van der Waals surface area contributed by atoms with Crippen molar-refractivity contribution in [1.82, 2.24) is 19.2 Å². The predicted molar refractivity (Wildman–Crippen MR) is 126 cm³/mol. The number of rotatable bonds is 5. The summed E-state index contributed by atoms with van der Waals surface area (Å²) in [6.07, 6.45) is 12.9. The Labute approximate surface area is 188 Å². The Hall–Kier alpha value is -4.07. The fourth-order valence-corrected chi connectivity index (χ4v) is 4.46. The number of nitrogens with one attached hydrogen (secondary N) is 1. The molecule has 4 aromatic heterocycles. The largest absolute Gasteiger partial charge is 0.463 e. The summed E-state index contributed by atoms with van der Waals surface area (Å²) in [7, 11) is 0. The smallest absolute Gasteiger partial charge is 0.322 e. The van der Waals surface area contributed by atoms with Crippen molar-refractivity contribution in [2.45, 2.75) is 38.6 Å². The number of fused-ring (bicyclic) bond motifs is 4. The van der Waals surface area contributed by atoms with Crippen LogP contribution in [0.4, 0.5) is 0 Å². The van der Waals surface area contributed by atoms with Crippen LogP contribution in [0.1, 0.15) is 37.9 Å². The average molecular weight is 439 g/mol. The molecule has 1 N–H and O–H groups in total. The Balaban J connectivity index is 1.53. The first-order valence-corrected chi connectivity index (χ1v) is 11.3. The van der Waals surface area contributed by atoms with Gasteiger partial charge < -0.3 is 4.42 Å². The standard InChI is InChI=1S/C25H22N6O2/c32-25-21-22-24(29-20-11-5-4-10-19(20)28-22)31(27-15-18-9-6-14-33-18)23(21)26-16-30(25)13-12-17-7-2-1-3-8-17/h4-7,9-11,14-16H,1-3,8,12-13H2/p+1. The summed E-state index contributed by atoms with van der Waals surface area (Å²) in [6, 6.07) is 11.3. The van der Waals surface area contributed by atoms with Crippen LogP contribution in [0.25, 0.3) is 33.2 Å². The number of aryl methyl sites for hydroxylation is 1. The number of hydrogen-bond donors (Lipinski definition) is 0. The molecule has 4 heterocycles. The third kappa shape index (κ3) is 3.53. The highest BCUT2D eigenvalue weighted by molar-refractivity contribution is 6.03. The maximum absolute atomic E-state index is 13.6. The number of aromatic amines is 1. The van der Waals surface area contributed by atoms with Crippen LogP contribution in [0.15, 0.2) is 75.0 Å². The molecule has 0 radical (unpaired) electrons. The molecule has 1 aromatic carbocycles. The summed E-state index contributed by atoms with van der Waals surface area (Å²) < 4.78 is 8.74. The van der Waals surface area contributed by atoms with Crippen LogP contribution in [0.5, 0.6) is 0 Å². The SMILES string of the molecule is O=c1c2c3nc4ccccc4nc3n(N=Cc3ccco3)c2[nH+]cn1CCC1=CCCCC1. The van der Waals surface area contributed by atoms with Crippen LogP contribution in [0.2, 0.25) is 0 Å². The van der Waals surface area contributed by atoms with E-state index in [4.69, 9.17) is 14.4 Å². The third-order valence-electron chi connectivity index (χ3n) is 6.17. The van der Waals surface area contributed by atoms with Crippen molar-refractivity contribution in [2.24, 2.45) is 5.10 Å². The highest BCUT2D eigenvalue weighted by Gasteiger charge is 2.24. The minimum atomic E-state index is -0.0957. The second kappa shape index (κ2) is 8.12. The zero-order chi connectivity index (χ0) is 22.2. The van der Waals surface area contributed by atoms with Crippen LogP contribution < -0.4 is 10.5 Å². The molecule has 1 aliphatic carbocycles. The number of furan rings is 1. The lowest BCUT2D eigenvalue weighted by atomic mass is 9.97. The Kier molecular flexibility index (Phi) is 4.83. The second-order valence-corrected chi connectivity index (χ2v) is 8.31. The minimum Gasteiger partial charge on any atom is -0.463 e. The normalized spacial score (nSPS) is 14.6. The zero-order valence-corrected chi connectivity index (χ0v) is 18.1. The maximum atomic E-state index is 13.6. The van der Waals surface area contributed by atoms with E-state index >= 15 is 0 Å². The lowest BCUT2D eigenvalue weighted by Crippen LogP contribution is -2.27. The summed E-state index contributed by atoms with van der Waals surface area (Å²) in [6.45, 7) is 0.625. The Bertz CT molecular complexity index is 1590. The molecular weight excluding hydrogens is 416 g/mol. The van der Waals surface area contributed by atoms with E-state index in [2.05, 4.69) is 16.2 Å². The molecule has 0 spiro atoms. The highest BCUT2D eigenvalue weighted by atomic mass is 16.3. The molecule has 0 saturated heterocycles. The first-order chi connectivity index (χ1) is 16.3. The van der Waals surface area contributed by atoms with Gasteiger partial charge in [-0.05, 0) is 56.4 Å². The van der Waals surface area contributed by atoms with Crippen molar-refractivity contribution in [3.8, 4) is 0 Å². The van der Waals surface area contributed by atoms with Crippen LogP contribution in [0, 0.1) is 0 Å². The number of hydrogen-bond acceptors (Lipinski definition) is 5. The summed E-state index contributed by atoms with van der Waals surface area (Å²) in [4.78, 5) is 26.4. The quantitative estimate of drug-likeness (QED) is 0.305. The maximum Gasteiger partial charge on any atom is 0.322 e. The third-order valence-corrected chi connectivity index (χ3v) is 6.17. The molecule has 1 aliphatic rings. The number of H-pyrrole nitrogens is 1. The summed E-state index contributed by atoms with van der Waals surface area (Å²) in [5, 5.41) is 5.06. The molecular formula is C25H23N6O2+. The van der Waals surface area contributed by atoms with Gasteiger partial charge in [0.25, 0.3) is 5.65 Å². The van der Waals surface area contributed by atoms with E-state index < -0.39 is 0 Å². The lowest BCUT2D eigenvalue weighted by molar-refractivity contribution is -0.357. The Morgan fingerprint density at radius 3 is 2.79 bits per heavy atom. The van der Waals surface area contributed by atoms with Gasteiger partial charge in [-0.25, -0.2) is 24.3 Å². The van der Waals surface area contributed by atoms with E-state index in [1.54, 1.807) is 34.1 Å². The van der Waals surface area contributed by atoms with Gasteiger partial charge in [-0.2, -0.15) is 0 Å². The molecule has 0 atom stereocenters. The Morgan fingerprint density at radius 1 is 1.12 bits per heavy atom. The van der Waals surface area contributed by atoms with Crippen LogP contribution in [-0.4, -0.2) is 25.4 Å². The van der Waals surface area contributed by atoms with Crippen LogP contribution >= 0.6 is 0 Å². The van der Waals surface area contributed by atoms with Gasteiger partial charge in [0.05, 0.1) is 23.8 Å². The van der Waals surface area contributed by atoms with E-state index in [1.807, 2.05) is 30.3 Å². The van der Waals surface area contributed by atoms with Gasteiger partial charge in [-0.3, -0.25) is 0 Å². The molecule has 0 aliphatic heterocycles. The molecule has 0 unspecified atom stereocenters. The molecule has 0 fully saturated rings. The fourth-order valence-electron chi connectivity index (χ4n) is 4.46. The average Bonchev–Trinajstić information content (AvgIpc) is 3.48. The molecule has 0 bridgehead atoms. The number of aromatic nitrogens is 5. The molecule has 8 nitrogen and oxygen atoms in total. The van der Waals surface area contributed by atoms with Crippen LogP contribution in [0.3, 0.4) is 0 Å². The first kappa shape index (κ1) is 19.6. The number of allylic oxidation sites excluding steroid dienone is 2. The van der Waals surface area contributed by atoms with Gasteiger partial charge in [-0.15, -0.1) is 9.78 Å². The lowest BCUT2D eigenvalue weighted by Gasteiger charge is -2.11. The van der Waals surface area contributed by atoms with E-state index in [-0.39, 0.29) is 5.56 Å². The number of para-hydroxylation sites is 2. The molecule has 33 heavy (non-hydrogen) atoms. The Morgan fingerprint density at radius 2 is 2.00 bits per heavy atom. The van der Waals surface area contributed by atoms with Gasteiger partial charge in [0.15, 0.2) is 11.7 Å². The summed E-state index contributed by atoms with van der Waals surface area (Å²) >= 11 is 0. The van der Waals surface area contributed by atoms with Gasteiger partial charge in [0, 0.05) is 0 Å². The van der Waals surface area contributed by atoms with Crippen molar-refractivity contribution in [3.63, 3.8) is 0 Å². The number of benzene rings is 1. The van der Waals surface area contributed by atoms with Crippen molar-refractivity contribution in [3.05, 3.63) is 76.8 Å². The van der Waals surface area contributed by atoms with E-state index in [1.165, 1.54) is 18.4 Å². The van der Waals surface area contributed by atoms with E-state index in [0.717, 1.165) is 30.3 Å². The molecule has 0 amide bonds. The van der Waals surface area contributed by atoms with Crippen molar-refractivity contribution in [2.75, 3.05) is 0 Å². The summed E-state index contributed by atoms with van der Waals surface area (Å²) in [5.74, 6) is 0.604. The molecule has 5 aromatic rings. The fraction of sp³-hybridized carbons (Fsp3) is 0.240. The minimum absolute atomic E-state index is 0.0957. The summed E-state index contributed by atoms with van der Waals surface area (Å²) in [5.41, 5.74) is 4.43. The van der Waals surface area contributed by atoms with E-state index in [9.17, 15) is 4.79 Å². The first-order valence-electron chi connectivity index (χ1n) is 11.3. The van der Waals surface area contributed by atoms with Gasteiger partial charge in [-0.1, -0.05) is 23.8 Å². The second-order valence-electron chi connectivity index (χ2n) is 8.31. The van der Waals surface area contributed by atoms with E-state index in [0.29, 0.717) is 34.5 Å². The highest BCUT2D eigenvalue weighted by Crippen LogP contribution is 2.24. The van der Waals surface area contributed by atoms with Crippen molar-refractivity contribution < 1.29 is 9.40 Å². The monoisotopic (exact) mass is 439 g/mol. The van der Waals surface area contributed by atoms with Crippen molar-refractivity contribution >= 4 is 39.4 Å². The van der Waals surface area contributed by atoms with Gasteiger partial charge >= 0.3 is 5.56 Å². The molecule has 0 saturated carbocycles. The molecule has 8 heteroatoms. The van der Waals surface area contributed by atoms with Crippen molar-refractivity contribution in [1.29, 1.82) is 0 Å². The van der Waals surface area contributed by atoms with Crippen LogP contribution in [-0.2, 0) is 6.54 Å². The topological polar surface area (TPSA) is 92.3 Å². The van der Waals surface area contributed by atoms with Gasteiger partial charge in [0.1, 0.15) is 17.5 Å². The molecule has 6 rings (SSSR count).